The summed E-state index contributed by atoms with van der Waals surface area (Å²) in [5, 5.41) is 10.0. The number of methoxy groups -OCH3 is 1. The van der Waals surface area contributed by atoms with Gasteiger partial charge in [0.25, 0.3) is 5.56 Å². The van der Waals surface area contributed by atoms with E-state index in [1.54, 1.807) is 37.3 Å². The Balaban J connectivity index is 2.12. The number of aromatic nitrogens is 1. The van der Waals surface area contributed by atoms with Gasteiger partial charge >= 0.3 is 0 Å². The van der Waals surface area contributed by atoms with Crippen molar-refractivity contribution in [2.45, 2.75) is 13.5 Å². The van der Waals surface area contributed by atoms with E-state index in [1.165, 1.54) is 7.11 Å². The number of pyridine rings is 1. The summed E-state index contributed by atoms with van der Waals surface area (Å²) in [6.07, 6.45) is 0. The zero-order valence-corrected chi connectivity index (χ0v) is 15.6. The maximum Gasteiger partial charge on any atom is 0.266 e. The van der Waals surface area contributed by atoms with Crippen LogP contribution in [0.25, 0.3) is 11.1 Å². The monoisotopic (exact) mass is 380 g/mol. The van der Waals surface area contributed by atoms with Gasteiger partial charge in [-0.15, -0.1) is 0 Å². The molecule has 0 fully saturated rings. The zero-order chi connectivity index (χ0) is 19.4. The van der Waals surface area contributed by atoms with Crippen LogP contribution in [0, 0.1) is 18.3 Å². The summed E-state index contributed by atoms with van der Waals surface area (Å²) in [6, 6.07) is 16.4. The Bertz CT molecular complexity index is 1080. The molecule has 1 heterocycles. The predicted molar refractivity (Wildman–Crippen MR) is 104 cm³/mol. The molecule has 136 valence electrons. The fraction of sp³-hybridized carbons (Fsp3) is 0.143. The number of para-hydroxylation sites is 1. The van der Waals surface area contributed by atoms with E-state index in [-0.39, 0.29) is 12.2 Å². The Morgan fingerprint density at radius 1 is 1.15 bits per heavy atom. The van der Waals surface area contributed by atoms with E-state index in [2.05, 4.69) is 4.98 Å². The number of aryl methyl sites for hydroxylation is 1. The average molecular weight is 381 g/mol. The van der Waals surface area contributed by atoms with Crippen LogP contribution in [0.15, 0.2) is 53.3 Å². The maximum absolute atomic E-state index is 12.2. The number of rotatable bonds is 5. The lowest BCUT2D eigenvalue weighted by Gasteiger charge is -2.16. The van der Waals surface area contributed by atoms with Crippen molar-refractivity contribution in [1.82, 2.24) is 4.98 Å². The number of aromatic amines is 1. The molecule has 0 unspecified atom stereocenters. The van der Waals surface area contributed by atoms with Crippen molar-refractivity contribution >= 4 is 11.6 Å². The number of H-pyrrole nitrogens is 1. The Labute approximate surface area is 161 Å². The number of benzene rings is 2. The molecule has 1 aromatic heterocycles. The highest BCUT2D eigenvalue weighted by atomic mass is 35.5. The van der Waals surface area contributed by atoms with Crippen molar-refractivity contribution in [3.05, 3.63) is 80.7 Å². The van der Waals surface area contributed by atoms with Crippen molar-refractivity contribution in [2.75, 3.05) is 7.11 Å². The molecule has 27 heavy (non-hydrogen) atoms. The third kappa shape index (κ3) is 3.81. The van der Waals surface area contributed by atoms with E-state index in [0.29, 0.717) is 33.3 Å². The molecule has 0 bridgehead atoms. The SMILES string of the molecule is COc1cccc(-c2cc(C)[nH]c(=O)c2C#N)c1OCc1ccccc1Cl. The number of nitrogens with one attached hydrogen (secondary N) is 1. The number of hydrogen-bond acceptors (Lipinski definition) is 4. The number of nitrogens with zero attached hydrogens (tertiary/aromatic N) is 1. The first-order chi connectivity index (χ1) is 13.0. The highest BCUT2D eigenvalue weighted by Gasteiger charge is 2.18. The van der Waals surface area contributed by atoms with Crippen LogP contribution in [0.1, 0.15) is 16.8 Å². The van der Waals surface area contributed by atoms with Gasteiger partial charge in [-0.2, -0.15) is 5.26 Å². The molecular weight excluding hydrogens is 364 g/mol. The molecule has 5 nitrogen and oxygen atoms in total. The minimum Gasteiger partial charge on any atom is -0.493 e. The standard InChI is InChI=1S/C21H17ClN2O3/c1-13-10-16(17(11-23)21(25)24-13)15-7-5-9-19(26-2)20(15)27-12-14-6-3-4-8-18(14)22/h3-10H,12H2,1-2H3,(H,24,25). The second-order valence-electron chi connectivity index (χ2n) is 5.90. The number of ether oxygens (including phenoxy) is 2. The number of hydrogen-bond donors (Lipinski definition) is 1. The lowest BCUT2D eigenvalue weighted by molar-refractivity contribution is 0.286. The van der Waals surface area contributed by atoms with Gasteiger partial charge in [0.1, 0.15) is 18.2 Å². The fourth-order valence-electron chi connectivity index (χ4n) is 2.81. The summed E-state index contributed by atoms with van der Waals surface area (Å²) in [7, 11) is 1.54. The van der Waals surface area contributed by atoms with Crippen LogP contribution in [-0.2, 0) is 6.61 Å². The van der Waals surface area contributed by atoms with Gasteiger partial charge in [0.15, 0.2) is 11.5 Å². The van der Waals surface area contributed by atoms with Crippen molar-refractivity contribution in [2.24, 2.45) is 0 Å². The lowest BCUT2D eigenvalue weighted by atomic mass is 9.99. The Kier molecular flexibility index (Phi) is 5.49. The van der Waals surface area contributed by atoms with Gasteiger partial charge in [0.2, 0.25) is 0 Å². The minimum absolute atomic E-state index is 0.0245. The molecule has 0 aliphatic carbocycles. The average Bonchev–Trinajstić information content (AvgIpc) is 2.66. The number of halogens is 1. The second kappa shape index (κ2) is 7.98. The smallest absolute Gasteiger partial charge is 0.266 e. The van der Waals surface area contributed by atoms with Gasteiger partial charge in [-0.25, -0.2) is 0 Å². The van der Waals surface area contributed by atoms with Crippen LogP contribution in [-0.4, -0.2) is 12.1 Å². The maximum atomic E-state index is 12.2. The van der Waals surface area contributed by atoms with Crippen molar-refractivity contribution < 1.29 is 9.47 Å². The molecule has 3 aromatic rings. The number of nitriles is 1. The summed E-state index contributed by atoms with van der Waals surface area (Å²) in [5.74, 6) is 0.947. The molecule has 6 heteroatoms. The summed E-state index contributed by atoms with van der Waals surface area (Å²) in [6.45, 7) is 1.98. The highest BCUT2D eigenvalue weighted by Crippen LogP contribution is 2.39. The van der Waals surface area contributed by atoms with Gasteiger partial charge in [-0.05, 0) is 25.1 Å². The third-order valence-corrected chi connectivity index (χ3v) is 4.47. The van der Waals surface area contributed by atoms with Gasteiger partial charge in [-0.3, -0.25) is 4.79 Å². The third-order valence-electron chi connectivity index (χ3n) is 4.10. The quantitative estimate of drug-likeness (QED) is 0.708. The normalized spacial score (nSPS) is 10.3. The van der Waals surface area contributed by atoms with Gasteiger partial charge in [0, 0.05) is 27.4 Å². The van der Waals surface area contributed by atoms with Crippen LogP contribution in [0.5, 0.6) is 11.5 Å². The van der Waals surface area contributed by atoms with E-state index in [9.17, 15) is 10.1 Å². The first kappa shape index (κ1) is 18.6. The fourth-order valence-corrected chi connectivity index (χ4v) is 3.01. The summed E-state index contributed by atoms with van der Waals surface area (Å²) < 4.78 is 11.5. The molecular formula is C21H17ClN2O3. The predicted octanol–water partition coefficient (Wildman–Crippen LogP) is 4.46. The summed E-state index contributed by atoms with van der Waals surface area (Å²) in [4.78, 5) is 14.8. The van der Waals surface area contributed by atoms with E-state index < -0.39 is 5.56 Å². The van der Waals surface area contributed by atoms with E-state index >= 15 is 0 Å². The van der Waals surface area contributed by atoms with Crippen molar-refractivity contribution in [3.63, 3.8) is 0 Å². The first-order valence-electron chi connectivity index (χ1n) is 8.22. The van der Waals surface area contributed by atoms with E-state index in [0.717, 1.165) is 5.56 Å². The molecule has 1 N–H and O–H groups in total. The molecule has 0 aliphatic rings. The Hall–Kier alpha value is -3.23. The van der Waals surface area contributed by atoms with Crippen LogP contribution in [0.3, 0.4) is 0 Å². The van der Waals surface area contributed by atoms with E-state index in [4.69, 9.17) is 21.1 Å². The first-order valence-corrected chi connectivity index (χ1v) is 8.60. The molecule has 0 aliphatic heterocycles. The lowest BCUT2D eigenvalue weighted by Crippen LogP contribution is -2.13. The van der Waals surface area contributed by atoms with Gasteiger partial charge in [0.05, 0.1) is 7.11 Å². The molecule has 0 atom stereocenters. The molecule has 0 amide bonds. The molecule has 0 spiro atoms. The van der Waals surface area contributed by atoms with Crippen LogP contribution in [0.4, 0.5) is 0 Å². The minimum atomic E-state index is -0.438. The second-order valence-corrected chi connectivity index (χ2v) is 6.31. The Morgan fingerprint density at radius 2 is 1.93 bits per heavy atom. The van der Waals surface area contributed by atoms with Crippen LogP contribution >= 0.6 is 11.6 Å². The summed E-state index contributed by atoms with van der Waals surface area (Å²) >= 11 is 6.21. The molecule has 0 radical (unpaired) electrons. The van der Waals surface area contributed by atoms with E-state index in [1.807, 2.05) is 24.3 Å². The van der Waals surface area contributed by atoms with Gasteiger partial charge < -0.3 is 14.5 Å². The largest absolute Gasteiger partial charge is 0.493 e. The zero-order valence-electron chi connectivity index (χ0n) is 14.9. The Morgan fingerprint density at radius 3 is 2.63 bits per heavy atom. The highest BCUT2D eigenvalue weighted by molar-refractivity contribution is 6.31. The molecule has 0 saturated heterocycles. The van der Waals surface area contributed by atoms with Crippen LogP contribution in [0.2, 0.25) is 5.02 Å². The van der Waals surface area contributed by atoms with Crippen molar-refractivity contribution in [3.8, 4) is 28.7 Å². The van der Waals surface area contributed by atoms with Gasteiger partial charge in [-0.1, -0.05) is 41.9 Å². The topological polar surface area (TPSA) is 75.1 Å². The van der Waals surface area contributed by atoms with Crippen LogP contribution < -0.4 is 15.0 Å². The summed E-state index contributed by atoms with van der Waals surface area (Å²) in [5.41, 5.74) is 2.15. The molecule has 2 aromatic carbocycles. The molecule has 0 saturated carbocycles. The van der Waals surface area contributed by atoms with Crippen molar-refractivity contribution in [1.29, 1.82) is 5.26 Å². The molecule has 3 rings (SSSR count).